The number of rotatable bonds is 10. The lowest BCUT2D eigenvalue weighted by atomic mass is 10.1. The summed E-state index contributed by atoms with van der Waals surface area (Å²) in [6.07, 6.45) is 12.1. The highest BCUT2D eigenvalue weighted by atomic mass is 16.2. The molecule has 0 N–H and O–H groups in total. The topological polar surface area (TPSA) is 20.3 Å². The van der Waals surface area contributed by atoms with Crippen LogP contribution in [-0.4, -0.2) is 24.4 Å². The van der Waals surface area contributed by atoms with Gasteiger partial charge in [-0.1, -0.05) is 58.3 Å². The number of carbonyl (C=O) groups excluding carboxylic acids is 1. The minimum Gasteiger partial charge on any atom is -0.346 e. The maximum Gasteiger partial charge on any atom is 0.219 e. The monoisotopic (exact) mass is 227 g/mol. The molecule has 16 heavy (non-hydrogen) atoms. The molecule has 0 fully saturated rings. The molecule has 0 aromatic rings. The average Bonchev–Trinajstić information content (AvgIpc) is 2.26. The molecule has 0 aliphatic carbocycles. The molecule has 0 rings (SSSR count). The van der Waals surface area contributed by atoms with Gasteiger partial charge in [0.1, 0.15) is 0 Å². The van der Waals surface area contributed by atoms with Crippen molar-refractivity contribution in [1.29, 1.82) is 0 Å². The van der Waals surface area contributed by atoms with Crippen LogP contribution >= 0.6 is 0 Å². The van der Waals surface area contributed by atoms with E-state index in [1.807, 2.05) is 7.05 Å². The standard InChI is InChI=1S/C14H29NO/c1-4-5-6-7-8-9-10-11-12-13-15(3)14(2)16/h4-13H2,1-3H3. The normalized spacial score (nSPS) is 10.4. The number of hydrogen-bond donors (Lipinski definition) is 0. The van der Waals surface area contributed by atoms with E-state index < -0.39 is 0 Å². The molecule has 0 aromatic heterocycles. The molecule has 0 radical (unpaired) electrons. The van der Waals surface area contributed by atoms with Gasteiger partial charge in [-0.2, -0.15) is 0 Å². The summed E-state index contributed by atoms with van der Waals surface area (Å²) in [6.45, 7) is 4.81. The maximum atomic E-state index is 10.9. The summed E-state index contributed by atoms with van der Waals surface area (Å²) < 4.78 is 0. The Hall–Kier alpha value is -0.530. The summed E-state index contributed by atoms with van der Waals surface area (Å²) in [6, 6.07) is 0. The van der Waals surface area contributed by atoms with Crippen molar-refractivity contribution in [1.82, 2.24) is 4.90 Å². The van der Waals surface area contributed by atoms with E-state index in [4.69, 9.17) is 0 Å². The van der Waals surface area contributed by atoms with Gasteiger partial charge in [0.05, 0.1) is 0 Å². The Morgan fingerprint density at radius 3 is 1.75 bits per heavy atom. The van der Waals surface area contributed by atoms with Crippen LogP contribution in [0.2, 0.25) is 0 Å². The molecule has 1 amide bonds. The zero-order valence-corrected chi connectivity index (χ0v) is 11.4. The van der Waals surface area contributed by atoms with Crippen LogP contribution in [0.4, 0.5) is 0 Å². The van der Waals surface area contributed by atoms with Crippen molar-refractivity contribution < 1.29 is 4.79 Å². The zero-order chi connectivity index (χ0) is 12.2. The van der Waals surface area contributed by atoms with Crippen molar-refractivity contribution in [3.63, 3.8) is 0 Å². The molecule has 0 aromatic carbocycles. The first kappa shape index (κ1) is 15.5. The average molecular weight is 227 g/mol. The predicted molar refractivity (Wildman–Crippen MR) is 70.5 cm³/mol. The molecule has 2 heteroatoms. The molecule has 0 aliphatic heterocycles. The molecule has 96 valence electrons. The third-order valence-electron chi connectivity index (χ3n) is 3.13. The fraction of sp³-hybridized carbons (Fsp3) is 0.929. The van der Waals surface area contributed by atoms with E-state index >= 15 is 0 Å². The molecule has 0 heterocycles. The van der Waals surface area contributed by atoms with E-state index in [9.17, 15) is 4.79 Å². The molecule has 0 atom stereocenters. The van der Waals surface area contributed by atoms with Crippen LogP contribution < -0.4 is 0 Å². The molecular formula is C14H29NO. The van der Waals surface area contributed by atoms with Crippen LogP contribution in [0.1, 0.15) is 71.6 Å². The Bertz CT molecular complexity index is 168. The Morgan fingerprint density at radius 1 is 0.875 bits per heavy atom. The molecule has 0 unspecified atom stereocenters. The van der Waals surface area contributed by atoms with Crippen LogP contribution in [0.25, 0.3) is 0 Å². The smallest absolute Gasteiger partial charge is 0.219 e. The SMILES string of the molecule is CCCCCCCCCCCN(C)C(C)=O. The largest absolute Gasteiger partial charge is 0.346 e. The molecule has 2 nitrogen and oxygen atoms in total. The van der Waals surface area contributed by atoms with Crippen LogP contribution in [0.3, 0.4) is 0 Å². The Morgan fingerprint density at radius 2 is 1.31 bits per heavy atom. The van der Waals surface area contributed by atoms with Gasteiger partial charge in [-0.05, 0) is 6.42 Å². The Kier molecular flexibility index (Phi) is 10.6. The van der Waals surface area contributed by atoms with E-state index in [1.165, 1.54) is 51.4 Å². The highest BCUT2D eigenvalue weighted by Crippen LogP contribution is 2.09. The molecule has 0 spiro atoms. The third kappa shape index (κ3) is 10.0. The van der Waals surface area contributed by atoms with E-state index in [2.05, 4.69) is 6.92 Å². The molecule has 0 aliphatic rings. The summed E-state index contributed by atoms with van der Waals surface area (Å²) in [7, 11) is 1.88. The first-order valence-corrected chi connectivity index (χ1v) is 6.90. The minimum absolute atomic E-state index is 0.180. The summed E-state index contributed by atoms with van der Waals surface area (Å²) in [5.41, 5.74) is 0. The van der Waals surface area contributed by atoms with Crippen molar-refractivity contribution >= 4 is 5.91 Å². The van der Waals surface area contributed by atoms with Gasteiger partial charge in [0.2, 0.25) is 5.91 Å². The molecule has 0 saturated heterocycles. The van der Waals surface area contributed by atoms with Crippen LogP contribution in [-0.2, 0) is 4.79 Å². The van der Waals surface area contributed by atoms with Gasteiger partial charge in [0.15, 0.2) is 0 Å². The second-order valence-corrected chi connectivity index (χ2v) is 4.77. The van der Waals surface area contributed by atoms with E-state index in [-0.39, 0.29) is 5.91 Å². The first-order valence-electron chi connectivity index (χ1n) is 6.90. The van der Waals surface area contributed by atoms with Crippen molar-refractivity contribution in [2.75, 3.05) is 13.6 Å². The maximum absolute atomic E-state index is 10.9. The van der Waals surface area contributed by atoms with E-state index in [0.29, 0.717) is 0 Å². The van der Waals surface area contributed by atoms with Gasteiger partial charge in [-0.15, -0.1) is 0 Å². The number of hydrogen-bond acceptors (Lipinski definition) is 1. The fourth-order valence-corrected chi connectivity index (χ4v) is 1.82. The molecular weight excluding hydrogens is 198 g/mol. The number of nitrogens with zero attached hydrogens (tertiary/aromatic N) is 1. The Labute approximate surface area is 101 Å². The van der Waals surface area contributed by atoms with Gasteiger partial charge in [0, 0.05) is 20.5 Å². The van der Waals surface area contributed by atoms with Gasteiger partial charge in [0.25, 0.3) is 0 Å². The Balaban J connectivity index is 3.07. The number of carbonyl (C=O) groups is 1. The van der Waals surface area contributed by atoms with Gasteiger partial charge in [-0.3, -0.25) is 4.79 Å². The van der Waals surface area contributed by atoms with Gasteiger partial charge < -0.3 is 4.90 Å². The van der Waals surface area contributed by atoms with Crippen LogP contribution in [0.15, 0.2) is 0 Å². The van der Waals surface area contributed by atoms with Crippen LogP contribution in [0, 0.1) is 0 Å². The lowest BCUT2D eigenvalue weighted by Crippen LogP contribution is -2.24. The lowest BCUT2D eigenvalue weighted by Gasteiger charge is -2.13. The quantitative estimate of drug-likeness (QED) is 0.517. The van der Waals surface area contributed by atoms with Gasteiger partial charge in [-0.25, -0.2) is 0 Å². The summed E-state index contributed by atoms with van der Waals surface area (Å²) in [5.74, 6) is 0.180. The molecule has 0 bridgehead atoms. The fourth-order valence-electron chi connectivity index (χ4n) is 1.82. The second kappa shape index (κ2) is 11.0. The summed E-state index contributed by atoms with van der Waals surface area (Å²) in [4.78, 5) is 12.7. The summed E-state index contributed by atoms with van der Waals surface area (Å²) in [5, 5.41) is 0. The highest BCUT2D eigenvalue weighted by Gasteiger charge is 2.00. The molecule has 0 saturated carbocycles. The zero-order valence-electron chi connectivity index (χ0n) is 11.4. The van der Waals surface area contributed by atoms with E-state index in [1.54, 1.807) is 11.8 Å². The van der Waals surface area contributed by atoms with Gasteiger partial charge >= 0.3 is 0 Å². The van der Waals surface area contributed by atoms with E-state index in [0.717, 1.165) is 13.0 Å². The second-order valence-electron chi connectivity index (χ2n) is 4.77. The van der Waals surface area contributed by atoms with Crippen molar-refractivity contribution in [3.8, 4) is 0 Å². The third-order valence-corrected chi connectivity index (χ3v) is 3.13. The van der Waals surface area contributed by atoms with Crippen LogP contribution in [0.5, 0.6) is 0 Å². The van der Waals surface area contributed by atoms with Crippen molar-refractivity contribution in [2.45, 2.75) is 71.6 Å². The highest BCUT2D eigenvalue weighted by molar-refractivity contribution is 5.72. The van der Waals surface area contributed by atoms with Crippen molar-refractivity contribution in [3.05, 3.63) is 0 Å². The lowest BCUT2D eigenvalue weighted by molar-refractivity contribution is -0.127. The number of amides is 1. The van der Waals surface area contributed by atoms with Crippen molar-refractivity contribution in [2.24, 2.45) is 0 Å². The minimum atomic E-state index is 0.180. The first-order chi connectivity index (χ1) is 7.68. The predicted octanol–water partition coefficient (Wildman–Crippen LogP) is 4.00. The summed E-state index contributed by atoms with van der Waals surface area (Å²) >= 11 is 0. The number of unbranched alkanes of at least 4 members (excludes halogenated alkanes) is 8.